The van der Waals surface area contributed by atoms with Crippen LogP contribution in [0, 0.1) is 6.92 Å². The molecule has 1 fully saturated rings. The number of amides is 1. The second-order valence-electron chi connectivity index (χ2n) is 8.01. The Labute approximate surface area is 185 Å². The van der Waals surface area contributed by atoms with Crippen molar-refractivity contribution in [3.63, 3.8) is 0 Å². The summed E-state index contributed by atoms with van der Waals surface area (Å²) in [6.07, 6.45) is -2.97. The van der Waals surface area contributed by atoms with Crippen molar-refractivity contribution in [1.82, 2.24) is 19.6 Å². The first-order valence-electron chi connectivity index (χ1n) is 10.6. The van der Waals surface area contributed by atoms with Gasteiger partial charge < -0.3 is 4.90 Å². The van der Waals surface area contributed by atoms with Crippen LogP contribution in [-0.4, -0.2) is 51.7 Å². The number of alkyl halides is 3. The highest BCUT2D eigenvalue weighted by atomic mass is 19.4. The highest BCUT2D eigenvalue weighted by Crippen LogP contribution is 2.35. The van der Waals surface area contributed by atoms with Crippen LogP contribution in [0.3, 0.4) is 0 Å². The van der Waals surface area contributed by atoms with Crippen LogP contribution < -0.4 is 0 Å². The van der Waals surface area contributed by atoms with Gasteiger partial charge in [0.1, 0.15) is 0 Å². The molecule has 1 amide bonds. The maximum absolute atomic E-state index is 14.0. The maximum Gasteiger partial charge on any atom is 0.434 e. The van der Waals surface area contributed by atoms with E-state index >= 15 is 0 Å². The molecular weight excluding hydrogens is 417 g/mol. The summed E-state index contributed by atoms with van der Waals surface area (Å²) in [6, 6.07) is 16.7. The van der Waals surface area contributed by atoms with Gasteiger partial charge in [-0.2, -0.15) is 18.3 Å². The molecule has 1 aromatic heterocycles. The number of halogens is 3. The van der Waals surface area contributed by atoms with E-state index in [0.717, 1.165) is 24.0 Å². The van der Waals surface area contributed by atoms with E-state index in [9.17, 15) is 18.0 Å². The number of hydrogen-bond acceptors (Lipinski definition) is 3. The number of nitrogens with zero attached hydrogens (tertiary/aromatic N) is 4. The second-order valence-corrected chi connectivity index (χ2v) is 8.01. The molecule has 4 rings (SSSR count). The van der Waals surface area contributed by atoms with E-state index in [4.69, 9.17) is 0 Å². The zero-order chi connectivity index (χ0) is 22.7. The first-order chi connectivity index (χ1) is 15.3. The second kappa shape index (κ2) is 9.16. The Morgan fingerprint density at radius 1 is 0.969 bits per heavy atom. The average Bonchev–Trinajstić information content (AvgIpc) is 3.09. The van der Waals surface area contributed by atoms with Crippen molar-refractivity contribution in [2.24, 2.45) is 0 Å². The van der Waals surface area contributed by atoms with Gasteiger partial charge in [-0.15, -0.1) is 0 Å². The van der Waals surface area contributed by atoms with Crippen LogP contribution in [0.5, 0.6) is 0 Å². The van der Waals surface area contributed by atoms with Gasteiger partial charge in [0.2, 0.25) is 0 Å². The van der Waals surface area contributed by atoms with Crippen molar-refractivity contribution < 1.29 is 18.0 Å². The van der Waals surface area contributed by atoms with Crippen molar-refractivity contribution in [2.45, 2.75) is 26.1 Å². The van der Waals surface area contributed by atoms with Crippen LogP contribution in [0.4, 0.5) is 13.2 Å². The number of aromatic nitrogens is 2. The lowest BCUT2D eigenvalue weighted by Crippen LogP contribution is -2.36. The predicted octanol–water partition coefficient (Wildman–Crippen LogP) is 4.55. The number of benzene rings is 2. The largest absolute Gasteiger partial charge is 0.434 e. The van der Waals surface area contributed by atoms with Gasteiger partial charge in [-0.3, -0.25) is 9.69 Å². The fourth-order valence-electron chi connectivity index (χ4n) is 4.11. The number of carbonyl (C=O) groups is 1. The Morgan fingerprint density at radius 3 is 2.41 bits per heavy atom. The molecule has 0 aliphatic carbocycles. The Morgan fingerprint density at radius 2 is 1.69 bits per heavy atom. The average molecular weight is 442 g/mol. The van der Waals surface area contributed by atoms with E-state index in [0.29, 0.717) is 37.3 Å². The van der Waals surface area contributed by atoms with Gasteiger partial charge in [0.05, 0.1) is 17.4 Å². The molecule has 0 unspecified atom stereocenters. The summed E-state index contributed by atoms with van der Waals surface area (Å²) in [4.78, 5) is 16.9. The van der Waals surface area contributed by atoms with Crippen LogP contribution in [-0.2, 0) is 12.7 Å². The van der Waals surface area contributed by atoms with Crippen LogP contribution >= 0.6 is 0 Å². The van der Waals surface area contributed by atoms with Crippen LogP contribution in [0.1, 0.15) is 33.6 Å². The third-order valence-electron chi connectivity index (χ3n) is 5.74. The molecule has 0 atom stereocenters. The van der Waals surface area contributed by atoms with Gasteiger partial charge in [0.25, 0.3) is 5.91 Å². The highest BCUT2D eigenvalue weighted by Gasteiger charge is 2.41. The monoisotopic (exact) mass is 442 g/mol. The van der Waals surface area contributed by atoms with E-state index in [-0.39, 0.29) is 0 Å². The molecule has 0 bridgehead atoms. The van der Waals surface area contributed by atoms with E-state index in [1.54, 1.807) is 31.2 Å². The van der Waals surface area contributed by atoms with E-state index in [2.05, 4.69) is 10.00 Å². The molecule has 3 aromatic rings. The standard InChI is InChI=1S/C24H25F3N4O/c1-18-8-5-6-11-21(18)31-22(24(25,26)27)20(16-28-31)23(32)30-13-7-12-29(14-15-30)17-19-9-3-2-4-10-19/h2-6,8-11,16H,7,12-15,17H2,1H3. The quantitative estimate of drug-likeness (QED) is 0.596. The molecular formula is C24H25F3N4O. The highest BCUT2D eigenvalue weighted by molar-refractivity contribution is 5.95. The minimum Gasteiger partial charge on any atom is -0.337 e. The van der Waals surface area contributed by atoms with Gasteiger partial charge in [-0.1, -0.05) is 48.5 Å². The molecule has 2 aromatic carbocycles. The molecule has 32 heavy (non-hydrogen) atoms. The molecule has 0 radical (unpaired) electrons. The van der Waals surface area contributed by atoms with Crippen molar-refractivity contribution in [3.8, 4) is 5.69 Å². The molecule has 1 saturated heterocycles. The first-order valence-corrected chi connectivity index (χ1v) is 10.6. The number of para-hydroxylation sites is 1. The Balaban J connectivity index is 1.56. The lowest BCUT2D eigenvalue weighted by molar-refractivity contribution is -0.143. The molecule has 0 spiro atoms. The summed E-state index contributed by atoms with van der Waals surface area (Å²) in [6.45, 7) is 4.65. The lowest BCUT2D eigenvalue weighted by Gasteiger charge is -2.22. The summed E-state index contributed by atoms with van der Waals surface area (Å²) >= 11 is 0. The molecule has 5 nitrogen and oxygen atoms in total. The smallest absolute Gasteiger partial charge is 0.337 e. The number of rotatable bonds is 4. The third kappa shape index (κ3) is 4.70. The predicted molar refractivity (Wildman–Crippen MR) is 116 cm³/mol. The first kappa shape index (κ1) is 22.1. The van der Waals surface area contributed by atoms with Crippen molar-refractivity contribution in [1.29, 1.82) is 0 Å². The SMILES string of the molecule is Cc1ccccc1-n1ncc(C(=O)N2CCCN(Cc3ccccc3)CC2)c1C(F)(F)F. The summed E-state index contributed by atoms with van der Waals surface area (Å²) in [5, 5.41) is 3.96. The van der Waals surface area contributed by atoms with Gasteiger partial charge in [0, 0.05) is 32.7 Å². The third-order valence-corrected chi connectivity index (χ3v) is 5.74. The molecule has 8 heteroatoms. The van der Waals surface area contributed by atoms with Crippen molar-refractivity contribution in [2.75, 3.05) is 26.2 Å². The minimum atomic E-state index is -4.71. The fourth-order valence-corrected chi connectivity index (χ4v) is 4.11. The Hall–Kier alpha value is -3.13. The molecule has 2 heterocycles. The molecule has 1 aliphatic heterocycles. The lowest BCUT2D eigenvalue weighted by atomic mass is 10.1. The van der Waals surface area contributed by atoms with Gasteiger partial charge >= 0.3 is 6.18 Å². The zero-order valence-corrected chi connectivity index (χ0v) is 17.8. The van der Waals surface area contributed by atoms with Gasteiger partial charge in [-0.05, 0) is 30.5 Å². The van der Waals surface area contributed by atoms with Crippen LogP contribution in [0.25, 0.3) is 5.69 Å². The number of aryl methyl sites for hydroxylation is 1. The van der Waals surface area contributed by atoms with E-state index < -0.39 is 23.3 Å². The van der Waals surface area contributed by atoms with Gasteiger partial charge in [-0.25, -0.2) is 4.68 Å². The Kier molecular flexibility index (Phi) is 6.32. The summed E-state index contributed by atoms with van der Waals surface area (Å²) in [5.41, 5.74) is 0.695. The van der Waals surface area contributed by atoms with E-state index in [1.807, 2.05) is 30.3 Å². The van der Waals surface area contributed by atoms with Gasteiger partial charge in [0.15, 0.2) is 5.69 Å². The molecule has 1 aliphatic rings. The van der Waals surface area contributed by atoms with Crippen molar-refractivity contribution >= 4 is 5.91 Å². The summed E-state index contributed by atoms with van der Waals surface area (Å²) in [7, 11) is 0. The Bertz CT molecular complexity index is 1080. The molecule has 0 N–H and O–H groups in total. The van der Waals surface area contributed by atoms with E-state index in [1.165, 1.54) is 10.5 Å². The zero-order valence-electron chi connectivity index (χ0n) is 17.8. The van der Waals surface area contributed by atoms with Crippen molar-refractivity contribution in [3.05, 3.63) is 83.2 Å². The molecule has 0 saturated carbocycles. The fraction of sp³-hybridized carbons (Fsp3) is 0.333. The maximum atomic E-state index is 14.0. The van der Waals surface area contributed by atoms with Crippen LogP contribution in [0.15, 0.2) is 60.8 Å². The summed E-state index contributed by atoms with van der Waals surface area (Å²) < 4.78 is 42.9. The number of hydrogen-bond donors (Lipinski definition) is 0. The topological polar surface area (TPSA) is 41.4 Å². The normalized spacial score (nSPS) is 15.6. The number of carbonyl (C=O) groups excluding carboxylic acids is 1. The molecule has 168 valence electrons. The van der Waals surface area contributed by atoms with Crippen LogP contribution in [0.2, 0.25) is 0 Å². The summed E-state index contributed by atoms with van der Waals surface area (Å²) in [5.74, 6) is -0.626. The minimum absolute atomic E-state index is 0.309.